The number of esters is 1. The normalized spacial score (nSPS) is 12.4. The van der Waals surface area contributed by atoms with Gasteiger partial charge in [0.2, 0.25) is 0 Å². The number of carbonyl (C=O) groups excluding carboxylic acids is 1. The molecule has 1 atom stereocenters. The summed E-state index contributed by atoms with van der Waals surface area (Å²) in [5.74, 6) is 0.166. The molecule has 0 fully saturated rings. The summed E-state index contributed by atoms with van der Waals surface area (Å²) >= 11 is 0. The average molecular weight is 252 g/mol. The lowest BCUT2D eigenvalue weighted by Crippen LogP contribution is -2.21. The van der Waals surface area contributed by atoms with Gasteiger partial charge in [0.25, 0.3) is 0 Å². The Balaban J connectivity index is 2.45. The molecule has 1 aromatic carbocycles. The fourth-order valence-electron chi connectivity index (χ4n) is 1.16. The van der Waals surface area contributed by atoms with Gasteiger partial charge >= 0.3 is 5.97 Å². The zero-order valence-electron chi connectivity index (χ0n) is 10.1. The zero-order chi connectivity index (χ0) is 13.4. The highest BCUT2D eigenvalue weighted by Gasteiger charge is 2.04. The molecule has 0 aliphatic rings. The summed E-state index contributed by atoms with van der Waals surface area (Å²) in [6, 6.07) is 7.15. The molecule has 1 rings (SSSR count). The van der Waals surface area contributed by atoms with Crippen LogP contribution in [0.4, 0.5) is 0 Å². The summed E-state index contributed by atoms with van der Waals surface area (Å²) in [5.41, 5.74) is 0.829. The van der Waals surface area contributed by atoms with Crippen molar-refractivity contribution in [3.05, 3.63) is 35.9 Å². The molecule has 5 heteroatoms. The Morgan fingerprint density at radius 1 is 1.39 bits per heavy atom. The first-order valence-corrected chi connectivity index (χ1v) is 5.43. The maximum Gasteiger partial charge on any atom is 0.330 e. The molecule has 18 heavy (non-hydrogen) atoms. The van der Waals surface area contributed by atoms with Crippen LogP contribution in [0.25, 0.3) is 6.08 Å². The second-order valence-electron chi connectivity index (χ2n) is 3.57. The minimum absolute atomic E-state index is 0.220. The molecule has 0 saturated heterocycles. The van der Waals surface area contributed by atoms with Crippen LogP contribution in [0.5, 0.6) is 5.75 Å². The molecule has 0 saturated carbocycles. The Bertz CT molecular complexity index is 396. The van der Waals surface area contributed by atoms with Crippen molar-refractivity contribution < 1.29 is 24.5 Å². The summed E-state index contributed by atoms with van der Waals surface area (Å²) < 4.78 is 9.71. The lowest BCUT2D eigenvalue weighted by atomic mass is 10.2. The van der Waals surface area contributed by atoms with E-state index in [4.69, 9.17) is 19.7 Å². The van der Waals surface area contributed by atoms with Crippen LogP contribution in [-0.2, 0) is 9.53 Å². The van der Waals surface area contributed by atoms with Crippen molar-refractivity contribution in [2.24, 2.45) is 0 Å². The van der Waals surface area contributed by atoms with Crippen LogP contribution < -0.4 is 4.74 Å². The number of benzene rings is 1. The summed E-state index contributed by atoms with van der Waals surface area (Å²) in [5, 5.41) is 17.5. The molecular weight excluding hydrogens is 236 g/mol. The summed E-state index contributed by atoms with van der Waals surface area (Å²) in [6.45, 7) is -0.655. The van der Waals surface area contributed by atoms with Crippen LogP contribution in [0.1, 0.15) is 5.56 Å². The maximum absolute atomic E-state index is 11.2. The van der Waals surface area contributed by atoms with E-state index in [0.29, 0.717) is 0 Å². The van der Waals surface area contributed by atoms with Gasteiger partial charge in [-0.25, -0.2) is 4.79 Å². The maximum atomic E-state index is 11.2. The molecule has 0 radical (unpaired) electrons. The first-order chi connectivity index (χ1) is 8.65. The van der Waals surface area contributed by atoms with E-state index in [1.54, 1.807) is 37.5 Å². The van der Waals surface area contributed by atoms with Gasteiger partial charge < -0.3 is 19.7 Å². The second kappa shape index (κ2) is 7.47. The second-order valence-corrected chi connectivity index (χ2v) is 3.57. The number of carbonyl (C=O) groups is 1. The molecule has 0 amide bonds. The van der Waals surface area contributed by atoms with Gasteiger partial charge in [-0.2, -0.15) is 0 Å². The molecule has 5 nitrogen and oxygen atoms in total. The molecule has 0 spiro atoms. The van der Waals surface area contributed by atoms with Crippen molar-refractivity contribution in [2.45, 2.75) is 6.10 Å². The minimum atomic E-state index is -1.04. The van der Waals surface area contributed by atoms with Crippen molar-refractivity contribution in [2.75, 3.05) is 20.3 Å². The monoisotopic (exact) mass is 252 g/mol. The number of rotatable bonds is 6. The van der Waals surface area contributed by atoms with Crippen molar-refractivity contribution in [3.8, 4) is 5.75 Å². The van der Waals surface area contributed by atoms with Crippen LogP contribution in [0.15, 0.2) is 30.3 Å². The molecular formula is C13H16O5. The highest BCUT2D eigenvalue weighted by atomic mass is 16.5. The van der Waals surface area contributed by atoms with Crippen LogP contribution >= 0.6 is 0 Å². The van der Waals surface area contributed by atoms with Crippen molar-refractivity contribution in [3.63, 3.8) is 0 Å². The molecule has 2 N–H and O–H groups in total. The lowest BCUT2D eigenvalue weighted by Gasteiger charge is -2.06. The minimum Gasteiger partial charge on any atom is -0.497 e. The van der Waals surface area contributed by atoms with Gasteiger partial charge in [-0.05, 0) is 23.8 Å². The smallest absolute Gasteiger partial charge is 0.330 e. The van der Waals surface area contributed by atoms with Gasteiger partial charge in [0.1, 0.15) is 18.5 Å². The van der Waals surface area contributed by atoms with Crippen molar-refractivity contribution in [1.82, 2.24) is 0 Å². The van der Waals surface area contributed by atoms with E-state index in [0.717, 1.165) is 11.3 Å². The number of aliphatic hydroxyl groups is 2. The third kappa shape index (κ3) is 4.99. The molecule has 0 aromatic heterocycles. The third-order valence-corrected chi connectivity index (χ3v) is 2.16. The summed E-state index contributed by atoms with van der Waals surface area (Å²) in [6.07, 6.45) is 1.81. The van der Waals surface area contributed by atoms with Crippen LogP contribution in [0, 0.1) is 0 Å². The highest BCUT2D eigenvalue weighted by Crippen LogP contribution is 2.12. The van der Waals surface area contributed by atoms with Crippen LogP contribution in [0.3, 0.4) is 0 Å². The third-order valence-electron chi connectivity index (χ3n) is 2.16. The van der Waals surface area contributed by atoms with Gasteiger partial charge in [0.05, 0.1) is 13.7 Å². The van der Waals surface area contributed by atoms with E-state index in [-0.39, 0.29) is 6.61 Å². The lowest BCUT2D eigenvalue weighted by molar-refractivity contribution is -0.141. The number of methoxy groups -OCH3 is 1. The van der Waals surface area contributed by atoms with E-state index < -0.39 is 18.7 Å². The molecule has 1 unspecified atom stereocenters. The Morgan fingerprint density at radius 3 is 2.61 bits per heavy atom. The van der Waals surface area contributed by atoms with Gasteiger partial charge in [-0.1, -0.05) is 12.1 Å². The van der Waals surface area contributed by atoms with Gasteiger partial charge in [-0.15, -0.1) is 0 Å². The predicted molar refractivity (Wildman–Crippen MR) is 66.1 cm³/mol. The first kappa shape index (κ1) is 14.2. The van der Waals surface area contributed by atoms with Crippen molar-refractivity contribution >= 4 is 12.0 Å². The van der Waals surface area contributed by atoms with E-state index in [9.17, 15) is 4.79 Å². The molecule has 0 aliphatic carbocycles. The molecule has 0 heterocycles. The Morgan fingerprint density at radius 2 is 2.06 bits per heavy atom. The number of ether oxygens (including phenoxy) is 2. The largest absolute Gasteiger partial charge is 0.497 e. The van der Waals surface area contributed by atoms with Crippen molar-refractivity contribution in [1.29, 1.82) is 0 Å². The van der Waals surface area contributed by atoms with Gasteiger partial charge in [0.15, 0.2) is 0 Å². The van der Waals surface area contributed by atoms with Gasteiger partial charge in [-0.3, -0.25) is 0 Å². The Hall–Kier alpha value is -1.85. The molecule has 98 valence electrons. The molecule has 1 aromatic rings. The molecule has 0 aliphatic heterocycles. The fourth-order valence-corrected chi connectivity index (χ4v) is 1.16. The zero-order valence-corrected chi connectivity index (χ0v) is 10.1. The Kier molecular flexibility index (Phi) is 5.90. The fraction of sp³-hybridized carbons (Fsp3) is 0.308. The van der Waals surface area contributed by atoms with E-state index in [2.05, 4.69) is 0 Å². The number of aliphatic hydroxyl groups excluding tert-OH is 2. The first-order valence-electron chi connectivity index (χ1n) is 5.43. The quantitative estimate of drug-likeness (QED) is 0.573. The topological polar surface area (TPSA) is 76.0 Å². The number of hydrogen-bond acceptors (Lipinski definition) is 5. The highest BCUT2D eigenvalue weighted by molar-refractivity contribution is 5.87. The SMILES string of the molecule is COc1ccc(/C=C/C(=O)OCC(O)CO)cc1. The summed E-state index contributed by atoms with van der Waals surface area (Å²) in [4.78, 5) is 11.2. The standard InChI is InChI=1S/C13H16O5/c1-17-12-5-2-10(3-6-12)4-7-13(16)18-9-11(15)8-14/h2-7,11,14-15H,8-9H2,1H3/b7-4+. The Labute approximate surface area is 105 Å². The van der Waals surface area contributed by atoms with E-state index in [1.165, 1.54) is 6.08 Å². The predicted octanol–water partition coefficient (Wildman–Crippen LogP) is 0.605. The number of hydrogen-bond donors (Lipinski definition) is 2. The van der Waals surface area contributed by atoms with Crippen LogP contribution in [0.2, 0.25) is 0 Å². The van der Waals surface area contributed by atoms with E-state index in [1.807, 2.05) is 0 Å². The van der Waals surface area contributed by atoms with Gasteiger partial charge in [0, 0.05) is 6.08 Å². The average Bonchev–Trinajstić information content (AvgIpc) is 2.42. The molecule has 0 bridgehead atoms. The summed E-state index contributed by atoms with van der Waals surface area (Å²) in [7, 11) is 1.58. The van der Waals surface area contributed by atoms with Crippen LogP contribution in [-0.4, -0.2) is 42.6 Å². The van der Waals surface area contributed by atoms with E-state index >= 15 is 0 Å².